The Hall–Kier alpha value is -2.28. The monoisotopic (exact) mass is 1030 g/mol. The van der Waals surface area contributed by atoms with Gasteiger partial charge in [-0.05, 0) is 44.9 Å². The van der Waals surface area contributed by atoms with E-state index in [1.807, 2.05) is 0 Å². The lowest BCUT2D eigenvalue weighted by molar-refractivity contribution is -0.332. The zero-order chi connectivity index (χ0) is 52.4. The summed E-state index contributed by atoms with van der Waals surface area (Å²) in [6.07, 6.45) is 31.6. The molecular formula is C57H102O15. The summed E-state index contributed by atoms with van der Waals surface area (Å²) in [5, 5.41) is 72.2. The van der Waals surface area contributed by atoms with Gasteiger partial charge in [-0.15, -0.1) is 0 Å². The first-order valence-electron chi connectivity index (χ1n) is 28.6. The fraction of sp³-hybridized carbons (Fsp3) is 0.860. The molecule has 0 aromatic rings. The van der Waals surface area contributed by atoms with Crippen LogP contribution in [-0.2, 0) is 38.0 Å². The standard InChI is InChI=1S/C57H102O15/c1-3-5-7-9-11-13-15-17-19-21-22-24-25-27-29-31-33-35-37-39-48(59)67-42-45(70-49(60)40-38-36-34-32-30-28-26-23-20-18-16-14-12-10-8-6-4-2)43-68-56-55(66)53(64)51(62)47(72-56)44-69-57-54(65)52(63)50(61)46(41-58)71-57/h6,8,12,14,18,20,45-47,50-58,61-66H,3-5,7,9-11,13,15-17,19,21-44H2,1-2H3/b8-6-,14-12-,20-18-. The highest BCUT2D eigenvalue weighted by Gasteiger charge is 2.47. The Morgan fingerprint density at radius 1 is 0.458 bits per heavy atom. The molecule has 2 saturated heterocycles. The maximum atomic E-state index is 13.0. The van der Waals surface area contributed by atoms with E-state index in [0.29, 0.717) is 12.8 Å². The van der Waals surface area contributed by atoms with Gasteiger partial charge in [0.1, 0.15) is 55.4 Å². The zero-order valence-corrected chi connectivity index (χ0v) is 44.7. The second-order valence-corrected chi connectivity index (χ2v) is 20.1. The Balaban J connectivity index is 1.76. The Morgan fingerprint density at radius 3 is 1.38 bits per heavy atom. The lowest BCUT2D eigenvalue weighted by Crippen LogP contribution is -2.61. The summed E-state index contributed by atoms with van der Waals surface area (Å²) in [6.45, 7) is 2.51. The third kappa shape index (κ3) is 30.9. The molecule has 11 atom stereocenters. The smallest absolute Gasteiger partial charge is 0.306 e. The predicted octanol–water partition coefficient (Wildman–Crippen LogP) is 9.27. The normalized spacial score (nSPS) is 25.2. The molecule has 2 fully saturated rings. The number of ether oxygens (including phenoxy) is 6. The van der Waals surface area contributed by atoms with Crippen LogP contribution in [0.2, 0.25) is 0 Å². The van der Waals surface area contributed by atoms with Gasteiger partial charge in [-0.3, -0.25) is 9.59 Å². The van der Waals surface area contributed by atoms with Gasteiger partial charge in [0.25, 0.3) is 0 Å². The van der Waals surface area contributed by atoms with Crippen LogP contribution in [0.15, 0.2) is 36.5 Å². The molecule has 0 amide bonds. The number of carbonyl (C=O) groups is 2. The molecule has 15 heteroatoms. The van der Waals surface area contributed by atoms with Crippen molar-refractivity contribution in [2.24, 2.45) is 0 Å². The summed E-state index contributed by atoms with van der Waals surface area (Å²) in [7, 11) is 0. The SMILES string of the molecule is CC/C=C\C/C=C\C/C=C\CCCCCCCCCC(=O)OC(COC(=O)CCCCCCCCCCCCCCCCCCCCC)COC1OC(COC2OC(CO)C(O)C(O)C2O)C(O)C(O)C1O. The molecule has 15 nitrogen and oxygen atoms in total. The van der Waals surface area contributed by atoms with Crippen molar-refractivity contribution in [3.8, 4) is 0 Å². The van der Waals surface area contributed by atoms with Crippen LogP contribution in [0.4, 0.5) is 0 Å². The number of hydrogen-bond donors (Lipinski definition) is 7. The van der Waals surface area contributed by atoms with Crippen molar-refractivity contribution in [3.63, 3.8) is 0 Å². The largest absolute Gasteiger partial charge is 0.462 e. The van der Waals surface area contributed by atoms with Crippen LogP contribution in [0.3, 0.4) is 0 Å². The van der Waals surface area contributed by atoms with E-state index in [1.54, 1.807) is 0 Å². The van der Waals surface area contributed by atoms with Crippen LogP contribution < -0.4 is 0 Å². The molecular weight excluding hydrogens is 925 g/mol. The lowest BCUT2D eigenvalue weighted by atomic mass is 9.98. The number of carbonyl (C=O) groups excluding carboxylic acids is 2. The van der Waals surface area contributed by atoms with Gasteiger partial charge >= 0.3 is 11.9 Å². The van der Waals surface area contributed by atoms with Gasteiger partial charge in [0, 0.05) is 12.8 Å². The molecule has 0 bridgehead atoms. The van der Waals surface area contributed by atoms with E-state index < -0.39 is 92.7 Å². The fourth-order valence-corrected chi connectivity index (χ4v) is 9.00. The molecule has 2 aliphatic rings. The Kier molecular flexibility index (Phi) is 40.1. The van der Waals surface area contributed by atoms with Crippen molar-refractivity contribution in [1.29, 1.82) is 0 Å². The average Bonchev–Trinajstić information content (AvgIpc) is 3.37. The topological polar surface area (TPSA) is 231 Å². The summed E-state index contributed by atoms with van der Waals surface area (Å²) >= 11 is 0. The highest BCUT2D eigenvalue weighted by Crippen LogP contribution is 2.27. The second-order valence-electron chi connectivity index (χ2n) is 20.1. The van der Waals surface area contributed by atoms with Crippen molar-refractivity contribution in [1.82, 2.24) is 0 Å². The number of rotatable bonds is 45. The number of esters is 2. The van der Waals surface area contributed by atoms with Crippen LogP contribution in [0, 0.1) is 0 Å². The van der Waals surface area contributed by atoms with Crippen molar-refractivity contribution in [3.05, 3.63) is 36.5 Å². The number of hydrogen-bond acceptors (Lipinski definition) is 15. The molecule has 0 aromatic heterocycles. The molecule has 2 heterocycles. The highest BCUT2D eigenvalue weighted by molar-refractivity contribution is 5.70. The summed E-state index contributed by atoms with van der Waals surface area (Å²) < 4.78 is 33.7. The van der Waals surface area contributed by atoms with E-state index in [0.717, 1.165) is 83.5 Å². The van der Waals surface area contributed by atoms with E-state index in [2.05, 4.69) is 50.3 Å². The van der Waals surface area contributed by atoms with E-state index >= 15 is 0 Å². The molecule has 11 unspecified atom stereocenters. The van der Waals surface area contributed by atoms with Gasteiger partial charge in [0.05, 0.1) is 19.8 Å². The molecule has 72 heavy (non-hydrogen) atoms. The van der Waals surface area contributed by atoms with Crippen molar-refractivity contribution >= 4 is 11.9 Å². The minimum Gasteiger partial charge on any atom is -0.462 e. The van der Waals surface area contributed by atoms with Crippen LogP contribution in [0.5, 0.6) is 0 Å². The molecule has 2 rings (SSSR count). The number of allylic oxidation sites excluding steroid dienone is 6. The molecule has 0 aliphatic carbocycles. The van der Waals surface area contributed by atoms with Gasteiger partial charge in [0.15, 0.2) is 18.7 Å². The fourth-order valence-electron chi connectivity index (χ4n) is 9.00. The minimum atomic E-state index is -1.77. The second kappa shape index (κ2) is 43.9. The summed E-state index contributed by atoms with van der Waals surface area (Å²) in [5.41, 5.74) is 0. The van der Waals surface area contributed by atoms with E-state index in [1.165, 1.54) is 96.3 Å². The number of unbranched alkanes of at least 4 members (excludes halogenated alkanes) is 25. The third-order valence-electron chi connectivity index (χ3n) is 13.6. The zero-order valence-electron chi connectivity index (χ0n) is 44.7. The third-order valence-corrected chi connectivity index (χ3v) is 13.6. The first-order valence-corrected chi connectivity index (χ1v) is 28.6. The Labute approximate surface area is 434 Å². The highest BCUT2D eigenvalue weighted by atomic mass is 16.7. The average molecular weight is 1030 g/mol. The maximum Gasteiger partial charge on any atom is 0.306 e. The minimum absolute atomic E-state index is 0.156. The lowest BCUT2D eigenvalue weighted by Gasteiger charge is -2.42. The van der Waals surface area contributed by atoms with Gasteiger partial charge in [0.2, 0.25) is 0 Å². The number of aliphatic hydroxyl groups is 7. The van der Waals surface area contributed by atoms with Gasteiger partial charge < -0.3 is 64.2 Å². The van der Waals surface area contributed by atoms with Gasteiger partial charge in [-0.2, -0.15) is 0 Å². The van der Waals surface area contributed by atoms with E-state index in [4.69, 9.17) is 28.4 Å². The first kappa shape index (κ1) is 65.8. The molecule has 0 radical (unpaired) electrons. The van der Waals surface area contributed by atoms with Crippen molar-refractivity contribution < 1.29 is 73.8 Å². The van der Waals surface area contributed by atoms with E-state index in [-0.39, 0.29) is 26.1 Å². The quantitative estimate of drug-likeness (QED) is 0.0171. The summed E-state index contributed by atoms with van der Waals surface area (Å²) in [5.74, 6) is -0.927. The molecule has 2 aliphatic heterocycles. The molecule has 0 saturated carbocycles. The molecule has 0 spiro atoms. The van der Waals surface area contributed by atoms with E-state index in [9.17, 15) is 45.3 Å². The van der Waals surface area contributed by atoms with Crippen LogP contribution >= 0.6 is 0 Å². The number of aliphatic hydroxyl groups excluding tert-OH is 7. The van der Waals surface area contributed by atoms with Gasteiger partial charge in [-0.25, -0.2) is 0 Å². The van der Waals surface area contributed by atoms with Crippen LogP contribution in [-0.4, -0.2) is 142 Å². The first-order chi connectivity index (χ1) is 35.0. The molecule has 7 N–H and O–H groups in total. The van der Waals surface area contributed by atoms with Crippen LogP contribution in [0.1, 0.15) is 219 Å². The molecule has 420 valence electrons. The molecule has 0 aromatic carbocycles. The predicted molar refractivity (Wildman–Crippen MR) is 280 cm³/mol. The van der Waals surface area contributed by atoms with Crippen LogP contribution in [0.25, 0.3) is 0 Å². The summed E-state index contributed by atoms with van der Waals surface area (Å²) in [4.78, 5) is 25.9. The van der Waals surface area contributed by atoms with Crippen molar-refractivity contribution in [2.45, 2.75) is 287 Å². The van der Waals surface area contributed by atoms with Crippen molar-refractivity contribution in [2.75, 3.05) is 26.4 Å². The Bertz CT molecular complexity index is 1390. The Morgan fingerprint density at radius 2 is 0.875 bits per heavy atom. The maximum absolute atomic E-state index is 13.0. The summed E-state index contributed by atoms with van der Waals surface area (Å²) in [6, 6.07) is 0. The van der Waals surface area contributed by atoms with Gasteiger partial charge in [-0.1, -0.05) is 198 Å².